The number of nitrogens with one attached hydrogen (secondary N) is 10. The molecule has 77 heavy (non-hydrogen) atoms. The van der Waals surface area contributed by atoms with E-state index in [-0.39, 0.29) is 64.1 Å². The number of primary amides is 1. The fourth-order valence-corrected chi connectivity index (χ4v) is 8.03. The van der Waals surface area contributed by atoms with E-state index in [1.54, 1.807) is 55.4 Å². The number of nitrogens with zero attached hydrogens (tertiary/aromatic N) is 1. The Bertz CT molecular complexity index is 2020. The minimum atomic E-state index is -1.76. The fourth-order valence-electron chi connectivity index (χ4n) is 8.03. The van der Waals surface area contributed by atoms with Crippen LogP contribution >= 0.6 is 0 Å². The van der Waals surface area contributed by atoms with Gasteiger partial charge in [-0.2, -0.15) is 0 Å². The number of urea groups is 1. The molecule has 28 nitrogen and oxygen atoms in total. The van der Waals surface area contributed by atoms with Gasteiger partial charge in [-0.1, -0.05) is 74.7 Å². The lowest BCUT2D eigenvalue weighted by atomic mass is 9.95. The number of nitrogens with two attached hydrogens (primary N) is 4. The van der Waals surface area contributed by atoms with E-state index >= 15 is 0 Å². The summed E-state index contributed by atoms with van der Waals surface area (Å²) < 4.78 is 0. The summed E-state index contributed by atoms with van der Waals surface area (Å²) in [6.45, 7) is 12.6. The van der Waals surface area contributed by atoms with Crippen LogP contribution in [0.15, 0.2) is 4.99 Å². The molecule has 0 saturated carbocycles. The zero-order chi connectivity index (χ0) is 58.5. The quantitative estimate of drug-likeness (QED) is 0.0270. The number of guanidine groups is 1. The monoisotopic (exact) mass is 1100 g/mol. The number of carboxylic acids is 1. The second-order valence-corrected chi connectivity index (χ2v) is 19.9. The average Bonchev–Trinajstić information content (AvgIpc) is 3.37. The van der Waals surface area contributed by atoms with Crippen LogP contribution in [0.3, 0.4) is 0 Å². The first-order chi connectivity index (χ1) is 36.3. The maximum atomic E-state index is 14.4. The van der Waals surface area contributed by atoms with E-state index < -0.39 is 163 Å². The van der Waals surface area contributed by atoms with Crippen molar-refractivity contribution in [2.45, 2.75) is 187 Å². The first-order valence-electron chi connectivity index (χ1n) is 26.6. The van der Waals surface area contributed by atoms with Gasteiger partial charge in [-0.05, 0) is 81.6 Å². The molecule has 0 aromatic carbocycles. The van der Waals surface area contributed by atoms with Gasteiger partial charge in [-0.15, -0.1) is 0 Å². The summed E-state index contributed by atoms with van der Waals surface area (Å²) >= 11 is 0. The average molecular weight is 1100 g/mol. The summed E-state index contributed by atoms with van der Waals surface area (Å²) in [5.74, 6) is -12.2. The van der Waals surface area contributed by atoms with E-state index in [2.05, 4.69) is 58.2 Å². The van der Waals surface area contributed by atoms with Crippen molar-refractivity contribution in [2.24, 2.45) is 51.6 Å². The molecule has 1 saturated heterocycles. The predicted octanol–water partition coefficient (Wildman–Crippen LogP) is -3.35. The zero-order valence-corrected chi connectivity index (χ0v) is 46.0. The number of carbonyl (C=O) groups is 11. The molecule has 1 aliphatic rings. The molecule has 1 fully saturated rings. The van der Waals surface area contributed by atoms with Crippen LogP contribution in [0.4, 0.5) is 4.79 Å². The third-order valence-electron chi connectivity index (χ3n) is 13.5. The van der Waals surface area contributed by atoms with Gasteiger partial charge in [0.25, 0.3) is 0 Å². The van der Waals surface area contributed by atoms with Crippen molar-refractivity contribution >= 4 is 71.1 Å². The van der Waals surface area contributed by atoms with Crippen LogP contribution < -0.4 is 76.1 Å². The molecular formula is C49H89N15O13. The van der Waals surface area contributed by atoms with Crippen molar-refractivity contribution in [3.8, 4) is 0 Å². The minimum absolute atomic E-state index is 0.00467. The molecule has 1 heterocycles. The molecule has 0 spiro atoms. The Hall–Kier alpha value is -6.84. The van der Waals surface area contributed by atoms with E-state index in [0.717, 1.165) is 0 Å². The van der Waals surface area contributed by atoms with Gasteiger partial charge in [-0.3, -0.25) is 52.9 Å². The molecule has 0 unspecified atom stereocenters. The van der Waals surface area contributed by atoms with Crippen LogP contribution in [0, 0.1) is 23.7 Å². The Kier molecular flexibility index (Phi) is 31.4. The van der Waals surface area contributed by atoms with Gasteiger partial charge in [0.2, 0.25) is 53.2 Å². The van der Waals surface area contributed by atoms with Gasteiger partial charge in [0.05, 0.1) is 6.61 Å². The minimum Gasteiger partial charge on any atom is -0.481 e. The van der Waals surface area contributed by atoms with E-state index in [0.29, 0.717) is 25.7 Å². The van der Waals surface area contributed by atoms with Gasteiger partial charge < -0.3 is 86.3 Å². The molecule has 20 N–H and O–H groups in total. The van der Waals surface area contributed by atoms with Crippen LogP contribution in [-0.2, 0) is 47.9 Å². The molecule has 0 aliphatic carbocycles. The standard InChI is InChI=1S/C49H89N15O13/c1-9-26(6)36-45(74)58-30(17-14-22-54-48(51)52)39(68)60-33(24-65)43(72)56-31(18-15-23-55-49(53)77)41(70)63-37(27(7)10-2)46(75)59-32(19-20-34(66)67)42(71)61-35(25(4)5)44(73)64-38(28(8)11-3)47(76)57-29(40(69)62-36)16-12-13-21-50/h25-33,35-38,65H,9-24,50H2,1-8H3,(H,56,72)(H,57,76)(H,58,74)(H,59,75)(H,60,68)(H,61,71)(H,62,69)(H,63,70)(H,64,73)(H,66,67)(H4,51,52,54)(H3,53,55,77)/t26-,27-,28-,29-,30-,31-,32-,33-,35-,36-,37-,38-/m0/s1. The molecule has 1 rings (SSSR count). The van der Waals surface area contributed by atoms with Gasteiger partial charge in [0.1, 0.15) is 54.4 Å². The lowest BCUT2D eigenvalue weighted by molar-refractivity contribution is -0.139. The summed E-state index contributed by atoms with van der Waals surface area (Å²) in [7, 11) is 0. The number of rotatable bonds is 23. The third-order valence-corrected chi connectivity index (χ3v) is 13.5. The number of aliphatic hydroxyl groups is 1. The molecule has 0 radical (unpaired) electrons. The number of carboxylic acid groups (broad SMARTS) is 1. The third kappa shape index (κ3) is 24.4. The molecule has 1 aliphatic heterocycles. The van der Waals surface area contributed by atoms with Crippen LogP contribution in [-0.4, -0.2) is 162 Å². The number of aliphatic carboxylic acids is 1. The first kappa shape index (κ1) is 68.2. The van der Waals surface area contributed by atoms with E-state index in [9.17, 15) is 63.0 Å². The number of aliphatic imine (C=N–C) groups is 1. The Balaban J connectivity index is 4.20. The summed E-state index contributed by atoms with van der Waals surface area (Å²) in [6.07, 6.45) is 0.493. The molecule has 28 heteroatoms. The van der Waals surface area contributed by atoms with Crippen LogP contribution in [0.5, 0.6) is 0 Å². The van der Waals surface area contributed by atoms with Crippen molar-refractivity contribution in [1.29, 1.82) is 0 Å². The topological polar surface area (TPSA) is 465 Å². The lowest BCUT2D eigenvalue weighted by Gasteiger charge is -2.31. The largest absolute Gasteiger partial charge is 0.481 e. The molecule has 12 atom stereocenters. The highest BCUT2D eigenvalue weighted by Crippen LogP contribution is 2.16. The zero-order valence-electron chi connectivity index (χ0n) is 46.0. The van der Waals surface area contributed by atoms with Crippen molar-refractivity contribution in [2.75, 3.05) is 26.2 Å². The number of carbonyl (C=O) groups excluding carboxylic acids is 10. The second-order valence-electron chi connectivity index (χ2n) is 19.9. The maximum Gasteiger partial charge on any atom is 0.312 e. The van der Waals surface area contributed by atoms with Crippen molar-refractivity contribution in [3.63, 3.8) is 0 Å². The Morgan fingerprint density at radius 1 is 0.506 bits per heavy atom. The number of aliphatic hydroxyl groups excluding tert-OH is 1. The normalized spacial score (nSPS) is 25.3. The Morgan fingerprint density at radius 2 is 0.857 bits per heavy atom. The lowest BCUT2D eigenvalue weighted by Crippen LogP contribution is -2.62. The van der Waals surface area contributed by atoms with Gasteiger partial charge >= 0.3 is 12.0 Å². The van der Waals surface area contributed by atoms with E-state index in [4.69, 9.17) is 22.9 Å². The number of hydrogen-bond acceptors (Lipinski definition) is 14. The molecule has 438 valence electrons. The predicted molar refractivity (Wildman–Crippen MR) is 284 cm³/mol. The van der Waals surface area contributed by atoms with Crippen molar-refractivity contribution in [3.05, 3.63) is 0 Å². The summed E-state index contributed by atoms with van der Waals surface area (Å²) in [6, 6.07) is -13.9. The van der Waals surface area contributed by atoms with E-state index in [1.807, 2.05) is 0 Å². The van der Waals surface area contributed by atoms with E-state index in [1.165, 1.54) is 0 Å². The van der Waals surface area contributed by atoms with Crippen LogP contribution in [0.1, 0.15) is 132 Å². The molecule has 0 bridgehead atoms. The highest BCUT2D eigenvalue weighted by molar-refractivity contribution is 5.99. The highest BCUT2D eigenvalue weighted by Gasteiger charge is 2.39. The highest BCUT2D eigenvalue weighted by atomic mass is 16.4. The van der Waals surface area contributed by atoms with Crippen LogP contribution in [0.2, 0.25) is 0 Å². The molecule has 0 aromatic heterocycles. The molecule has 11 amide bonds. The number of unbranched alkanes of at least 4 members (excludes halogenated alkanes) is 1. The first-order valence-corrected chi connectivity index (χ1v) is 26.6. The van der Waals surface area contributed by atoms with Gasteiger partial charge in [0.15, 0.2) is 5.96 Å². The van der Waals surface area contributed by atoms with Crippen molar-refractivity contribution < 1.29 is 63.0 Å². The fraction of sp³-hybridized carbons (Fsp3) is 0.755. The molecule has 0 aromatic rings. The second kappa shape index (κ2) is 35.5. The summed E-state index contributed by atoms with van der Waals surface area (Å²) in [5.41, 5.74) is 22.0. The SMILES string of the molecule is CC[C@H](C)[C@@H]1NC(=O)[C@H](CCCCN)NC(=O)[C@H]([C@@H](C)CC)NC(=O)[C@H](C(C)C)NC(=O)[C@H](CCC(=O)O)NC(=O)[C@H]([C@@H](C)CC)NC(=O)[C@H](CCCNC(N)=O)NC(=O)[C@H](CO)NC(=O)[C@H](CCCN=C(N)N)NC1=O. The van der Waals surface area contributed by atoms with Crippen LogP contribution in [0.25, 0.3) is 0 Å². The Labute approximate surface area is 450 Å². The van der Waals surface area contributed by atoms with Crippen molar-refractivity contribution in [1.82, 2.24) is 53.2 Å². The molecular weight excluding hydrogens is 1010 g/mol. The van der Waals surface area contributed by atoms with Gasteiger partial charge in [0, 0.05) is 19.5 Å². The summed E-state index contributed by atoms with van der Waals surface area (Å²) in [4.78, 5) is 155. The van der Waals surface area contributed by atoms with Gasteiger partial charge in [-0.25, -0.2) is 4.79 Å². The smallest absolute Gasteiger partial charge is 0.312 e. The number of hydrogen-bond donors (Lipinski definition) is 16. The Morgan fingerprint density at radius 3 is 1.25 bits per heavy atom. The number of amides is 11. The summed E-state index contributed by atoms with van der Waals surface area (Å²) in [5, 5.41) is 46.0. The maximum absolute atomic E-state index is 14.4.